The van der Waals surface area contributed by atoms with Gasteiger partial charge in [-0.1, -0.05) is 29.3 Å². The Morgan fingerprint density at radius 1 is 1.12 bits per heavy atom. The maximum absolute atomic E-state index is 12.8. The molecule has 1 amide bonds. The van der Waals surface area contributed by atoms with Crippen LogP contribution in [0.4, 0.5) is 10.1 Å². The summed E-state index contributed by atoms with van der Waals surface area (Å²) in [5, 5.41) is 3.53. The van der Waals surface area contributed by atoms with Gasteiger partial charge in [-0.3, -0.25) is 4.79 Å². The molecule has 0 unspecified atom stereocenters. The Balaban J connectivity index is 1.69. The van der Waals surface area contributed by atoms with Gasteiger partial charge in [0.1, 0.15) is 18.2 Å². The number of benzene rings is 2. The van der Waals surface area contributed by atoms with E-state index in [0.717, 1.165) is 0 Å². The summed E-state index contributed by atoms with van der Waals surface area (Å²) in [6.07, 6.45) is 0.300. The maximum atomic E-state index is 12.8. The Hall–Kier alpha value is -1.82. The van der Waals surface area contributed by atoms with Crippen LogP contribution in [0, 0.1) is 5.82 Å². The fraction of sp³-hybridized carbons (Fsp3) is 0.278. The number of likely N-dealkylation sites (N-methyl/N-ethyl adjacent to an activating group) is 1. The van der Waals surface area contributed by atoms with Gasteiger partial charge < -0.3 is 15.0 Å². The maximum Gasteiger partial charge on any atom is 0.225 e. The predicted octanol–water partition coefficient (Wildman–Crippen LogP) is 4.47. The van der Waals surface area contributed by atoms with Crippen molar-refractivity contribution in [3.05, 3.63) is 58.3 Å². The summed E-state index contributed by atoms with van der Waals surface area (Å²) in [5.41, 5.74) is 0.429. The number of hydrogen-bond donors (Lipinski definition) is 1. The van der Waals surface area contributed by atoms with Crippen LogP contribution in [-0.4, -0.2) is 37.6 Å². The molecule has 0 bridgehead atoms. The highest BCUT2D eigenvalue weighted by Gasteiger charge is 2.10. The van der Waals surface area contributed by atoms with E-state index < -0.39 is 0 Å². The number of para-hydroxylation sites is 1. The average molecular weight is 385 g/mol. The third kappa shape index (κ3) is 6.53. The molecular weight excluding hydrogens is 366 g/mol. The van der Waals surface area contributed by atoms with Crippen LogP contribution in [-0.2, 0) is 4.79 Å². The van der Waals surface area contributed by atoms with E-state index in [0.29, 0.717) is 47.6 Å². The number of amides is 1. The Morgan fingerprint density at radius 3 is 2.40 bits per heavy atom. The number of rotatable bonds is 8. The van der Waals surface area contributed by atoms with Gasteiger partial charge in [-0.05, 0) is 43.4 Å². The Morgan fingerprint density at radius 2 is 1.76 bits per heavy atom. The van der Waals surface area contributed by atoms with Gasteiger partial charge in [0, 0.05) is 19.5 Å². The van der Waals surface area contributed by atoms with Crippen molar-refractivity contribution >= 4 is 34.8 Å². The molecule has 4 nitrogen and oxygen atoms in total. The molecule has 0 aliphatic carbocycles. The average Bonchev–Trinajstić information content (AvgIpc) is 2.58. The summed E-state index contributed by atoms with van der Waals surface area (Å²) in [7, 11) is 1.89. The van der Waals surface area contributed by atoms with E-state index in [1.54, 1.807) is 30.3 Å². The molecule has 0 aromatic heterocycles. The van der Waals surface area contributed by atoms with Gasteiger partial charge in [-0.2, -0.15) is 0 Å². The normalized spacial score (nSPS) is 10.8. The van der Waals surface area contributed by atoms with Crippen LogP contribution in [0.3, 0.4) is 0 Å². The first kappa shape index (κ1) is 19.5. The van der Waals surface area contributed by atoms with E-state index in [-0.39, 0.29) is 11.7 Å². The second-order valence-electron chi connectivity index (χ2n) is 5.50. The van der Waals surface area contributed by atoms with Crippen molar-refractivity contribution in [2.45, 2.75) is 6.42 Å². The molecule has 0 aliphatic heterocycles. The van der Waals surface area contributed by atoms with Crippen molar-refractivity contribution < 1.29 is 13.9 Å². The van der Waals surface area contributed by atoms with Crippen LogP contribution < -0.4 is 10.1 Å². The van der Waals surface area contributed by atoms with E-state index >= 15 is 0 Å². The summed E-state index contributed by atoms with van der Waals surface area (Å²) < 4.78 is 18.3. The Bertz CT molecular complexity index is 690. The van der Waals surface area contributed by atoms with Crippen LogP contribution in [0.2, 0.25) is 10.0 Å². The van der Waals surface area contributed by atoms with Crippen molar-refractivity contribution in [2.75, 3.05) is 32.1 Å². The van der Waals surface area contributed by atoms with Gasteiger partial charge in [-0.15, -0.1) is 0 Å². The van der Waals surface area contributed by atoms with Crippen LogP contribution in [0.15, 0.2) is 42.5 Å². The van der Waals surface area contributed by atoms with Gasteiger partial charge in [0.15, 0.2) is 0 Å². The second kappa shape index (κ2) is 9.61. The highest BCUT2D eigenvalue weighted by molar-refractivity contribution is 6.39. The largest absolute Gasteiger partial charge is 0.492 e. The monoisotopic (exact) mass is 384 g/mol. The van der Waals surface area contributed by atoms with Crippen molar-refractivity contribution in [3.63, 3.8) is 0 Å². The molecule has 25 heavy (non-hydrogen) atoms. The summed E-state index contributed by atoms with van der Waals surface area (Å²) in [6, 6.07) is 10.9. The minimum Gasteiger partial charge on any atom is -0.492 e. The van der Waals surface area contributed by atoms with Gasteiger partial charge in [0.25, 0.3) is 0 Å². The number of anilines is 1. The zero-order chi connectivity index (χ0) is 18.2. The first-order valence-electron chi connectivity index (χ1n) is 7.76. The standard InChI is InChI=1S/C18H19Cl2FN2O2/c1-23(11-12-25-14-7-5-13(21)6-8-14)10-9-17(24)22-18-15(19)3-2-4-16(18)20/h2-8H,9-12H2,1H3,(H,22,24). The SMILES string of the molecule is CN(CCOc1ccc(F)cc1)CCC(=O)Nc1c(Cl)cccc1Cl. The third-order valence-electron chi connectivity index (χ3n) is 3.50. The van der Waals surface area contributed by atoms with Gasteiger partial charge in [-0.25, -0.2) is 4.39 Å². The second-order valence-corrected chi connectivity index (χ2v) is 6.31. The van der Waals surface area contributed by atoms with Crippen molar-refractivity contribution in [2.24, 2.45) is 0 Å². The molecule has 2 aromatic carbocycles. The molecule has 0 spiro atoms. The Kier molecular flexibility index (Phi) is 7.50. The zero-order valence-corrected chi connectivity index (χ0v) is 15.3. The summed E-state index contributed by atoms with van der Waals surface area (Å²) in [6.45, 7) is 1.64. The lowest BCUT2D eigenvalue weighted by Gasteiger charge is -2.17. The smallest absolute Gasteiger partial charge is 0.225 e. The number of hydrogen-bond acceptors (Lipinski definition) is 3. The number of nitrogens with zero attached hydrogens (tertiary/aromatic N) is 1. The van der Waals surface area contributed by atoms with E-state index in [1.807, 2.05) is 11.9 Å². The van der Waals surface area contributed by atoms with Crippen LogP contribution in [0.25, 0.3) is 0 Å². The van der Waals surface area contributed by atoms with Crippen LogP contribution in [0.5, 0.6) is 5.75 Å². The molecule has 7 heteroatoms. The molecule has 0 saturated heterocycles. The van der Waals surface area contributed by atoms with E-state index in [9.17, 15) is 9.18 Å². The quantitative estimate of drug-likeness (QED) is 0.729. The number of carbonyl (C=O) groups excluding carboxylic acids is 1. The predicted molar refractivity (Wildman–Crippen MR) is 99.1 cm³/mol. The highest BCUT2D eigenvalue weighted by Crippen LogP contribution is 2.29. The number of carbonyl (C=O) groups is 1. The Labute approximate surface area is 156 Å². The molecule has 0 heterocycles. The molecule has 2 rings (SSSR count). The summed E-state index contributed by atoms with van der Waals surface area (Å²) in [5.74, 6) is 0.149. The molecule has 0 saturated carbocycles. The minimum atomic E-state index is -0.297. The van der Waals surface area contributed by atoms with Crippen molar-refractivity contribution in [1.29, 1.82) is 0 Å². The summed E-state index contributed by atoms with van der Waals surface area (Å²) in [4.78, 5) is 14.0. The lowest BCUT2D eigenvalue weighted by Crippen LogP contribution is -2.28. The van der Waals surface area contributed by atoms with E-state index in [1.165, 1.54) is 12.1 Å². The van der Waals surface area contributed by atoms with Crippen molar-refractivity contribution in [3.8, 4) is 5.75 Å². The molecule has 2 aromatic rings. The number of nitrogens with one attached hydrogen (secondary N) is 1. The molecule has 0 atom stereocenters. The van der Waals surface area contributed by atoms with E-state index in [2.05, 4.69) is 5.32 Å². The number of ether oxygens (including phenoxy) is 1. The first-order valence-corrected chi connectivity index (χ1v) is 8.52. The fourth-order valence-corrected chi connectivity index (χ4v) is 2.57. The third-order valence-corrected chi connectivity index (χ3v) is 4.13. The van der Waals surface area contributed by atoms with Gasteiger partial charge in [0.05, 0.1) is 15.7 Å². The molecular formula is C18H19Cl2FN2O2. The topological polar surface area (TPSA) is 41.6 Å². The van der Waals surface area contributed by atoms with Gasteiger partial charge >= 0.3 is 0 Å². The molecule has 0 radical (unpaired) electrons. The fourth-order valence-electron chi connectivity index (χ4n) is 2.07. The molecule has 1 N–H and O–H groups in total. The lowest BCUT2D eigenvalue weighted by atomic mass is 10.3. The summed E-state index contributed by atoms with van der Waals surface area (Å²) >= 11 is 12.0. The zero-order valence-electron chi connectivity index (χ0n) is 13.8. The first-order chi connectivity index (χ1) is 12.0. The highest BCUT2D eigenvalue weighted by atomic mass is 35.5. The van der Waals surface area contributed by atoms with Crippen LogP contribution in [0.1, 0.15) is 6.42 Å². The lowest BCUT2D eigenvalue weighted by molar-refractivity contribution is -0.116. The minimum absolute atomic E-state index is 0.165. The van der Waals surface area contributed by atoms with E-state index in [4.69, 9.17) is 27.9 Å². The molecule has 0 fully saturated rings. The van der Waals surface area contributed by atoms with Crippen molar-refractivity contribution in [1.82, 2.24) is 4.90 Å². The van der Waals surface area contributed by atoms with Crippen LogP contribution >= 0.6 is 23.2 Å². The molecule has 0 aliphatic rings. The molecule has 134 valence electrons. The number of halogens is 3. The van der Waals surface area contributed by atoms with Gasteiger partial charge in [0.2, 0.25) is 5.91 Å².